The van der Waals surface area contributed by atoms with Gasteiger partial charge in [-0.2, -0.15) is 18.3 Å². The van der Waals surface area contributed by atoms with E-state index in [2.05, 4.69) is 41.1 Å². The predicted molar refractivity (Wildman–Crippen MR) is 124 cm³/mol. The number of rotatable bonds is 4. The van der Waals surface area contributed by atoms with Crippen molar-refractivity contribution in [2.24, 2.45) is 12.0 Å². The molecule has 30 heavy (non-hydrogen) atoms. The first-order valence-electron chi connectivity index (χ1n) is 9.22. The van der Waals surface area contributed by atoms with Crippen LogP contribution in [0.5, 0.6) is 0 Å². The molecule has 1 N–H and O–H groups in total. The Morgan fingerprint density at radius 1 is 1.27 bits per heavy atom. The average Bonchev–Trinajstić information content (AvgIpc) is 3.01. The summed E-state index contributed by atoms with van der Waals surface area (Å²) in [5, 5.41) is 7.66. The third kappa shape index (κ3) is 7.23. The Morgan fingerprint density at radius 3 is 2.43 bits per heavy atom. The first kappa shape index (κ1) is 25.8. The zero-order chi connectivity index (χ0) is 21.6. The van der Waals surface area contributed by atoms with Crippen LogP contribution in [0.3, 0.4) is 0 Å². The Balaban J connectivity index is 0.00000450. The number of hydrogen-bond acceptors (Lipinski definition) is 2. The van der Waals surface area contributed by atoms with Gasteiger partial charge in [0.25, 0.3) is 0 Å². The molecule has 0 radical (unpaired) electrons. The lowest BCUT2D eigenvalue weighted by Crippen LogP contribution is -2.38. The maximum Gasteiger partial charge on any atom is 0.416 e. The summed E-state index contributed by atoms with van der Waals surface area (Å²) < 4.78 is 39.6. The minimum absolute atomic E-state index is 0. The molecule has 0 saturated carbocycles. The molecule has 9 heteroatoms. The second-order valence-electron chi connectivity index (χ2n) is 7.00. The van der Waals surface area contributed by atoms with Crippen LogP contribution in [0, 0.1) is 11.8 Å². The lowest BCUT2D eigenvalue weighted by Gasteiger charge is -2.21. The minimum atomic E-state index is -4.34. The number of hydrogen-bond donors (Lipinski definition) is 1. The molecule has 1 aromatic carbocycles. The van der Waals surface area contributed by atoms with Crippen molar-refractivity contribution in [3.8, 4) is 11.8 Å². The number of halogens is 4. The van der Waals surface area contributed by atoms with E-state index in [1.54, 1.807) is 7.05 Å². The number of benzene rings is 1. The summed E-state index contributed by atoms with van der Waals surface area (Å²) in [5.74, 6) is 6.76. The first-order chi connectivity index (χ1) is 13.6. The Kier molecular flexibility index (Phi) is 9.68. The quantitative estimate of drug-likeness (QED) is 0.277. The average molecular weight is 533 g/mol. The van der Waals surface area contributed by atoms with Crippen LogP contribution in [0.1, 0.15) is 42.1 Å². The van der Waals surface area contributed by atoms with Crippen LogP contribution in [0.2, 0.25) is 0 Å². The number of aliphatic imine (C=N–C) groups is 1. The van der Waals surface area contributed by atoms with Crippen molar-refractivity contribution in [2.45, 2.75) is 32.5 Å². The van der Waals surface area contributed by atoms with E-state index in [4.69, 9.17) is 0 Å². The smallest absolute Gasteiger partial charge is 0.345 e. The fourth-order valence-corrected chi connectivity index (χ4v) is 2.89. The zero-order valence-corrected chi connectivity index (χ0v) is 20.0. The fraction of sp³-hybridized carbons (Fsp3) is 0.429. The number of aromatic nitrogens is 2. The second-order valence-corrected chi connectivity index (χ2v) is 7.00. The highest BCUT2D eigenvalue weighted by Crippen LogP contribution is 2.28. The van der Waals surface area contributed by atoms with Gasteiger partial charge in [-0.1, -0.05) is 25.7 Å². The van der Waals surface area contributed by atoms with Gasteiger partial charge in [-0.3, -0.25) is 9.67 Å². The van der Waals surface area contributed by atoms with E-state index in [0.717, 1.165) is 23.4 Å². The van der Waals surface area contributed by atoms with Crippen molar-refractivity contribution >= 4 is 29.9 Å². The molecule has 0 fully saturated rings. The van der Waals surface area contributed by atoms with Crippen LogP contribution in [0.25, 0.3) is 0 Å². The molecule has 1 heterocycles. The lowest BCUT2D eigenvalue weighted by molar-refractivity contribution is -0.137. The molecule has 0 saturated heterocycles. The van der Waals surface area contributed by atoms with Crippen LogP contribution < -0.4 is 5.32 Å². The Bertz CT molecular complexity index is 905. The van der Waals surface area contributed by atoms with Gasteiger partial charge < -0.3 is 10.2 Å². The number of nitrogens with zero attached hydrogens (tertiary/aromatic N) is 4. The summed E-state index contributed by atoms with van der Waals surface area (Å²) in [6.07, 6.45) is -2.34. The predicted octanol–water partition coefficient (Wildman–Crippen LogP) is 4.24. The van der Waals surface area contributed by atoms with Crippen LogP contribution >= 0.6 is 24.0 Å². The summed E-state index contributed by atoms with van der Waals surface area (Å²) in [6.45, 7) is 5.18. The van der Waals surface area contributed by atoms with Crippen LogP contribution in [0.15, 0.2) is 35.5 Å². The SMILES string of the molecule is CN=C(NCC#Cc1ccc(C(F)(F)F)cc1)N(C)Cc1cn(C)nc1C(C)C.I. The van der Waals surface area contributed by atoms with E-state index in [-0.39, 0.29) is 24.0 Å². The van der Waals surface area contributed by atoms with Gasteiger partial charge >= 0.3 is 6.18 Å². The van der Waals surface area contributed by atoms with E-state index in [0.29, 0.717) is 30.5 Å². The molecular formula is C21H27F3IN5. The van der Waals surface area contributed by atoms with Gasteiger partial charge in [-0.15, -0.1) is 24.0 Å². The third-order valence-electron chi connectivity index (χ3n) is 4.24. The van der Waals surface area contributed by atoms with Crippen LogP contribution in [-0.2, 0) is 19.8 Å². The zero-order valence-electron chi connectivity index (χ0n) is 17.7. The highest BCUT2D eigenvalue weighted by atomic mass is 127. The van der Waals surface area contributed by atoms with E-state index in [1.165, 1.54) is 12.1 Å². The maximum atomic E-state index is 12.6. The second kappa shape index (κ2) is 11.2. The van der Waals surface area contributed by atoms with Gasteiger partial charge in [0.2, 0.25) is 0 Å². The van der Waals surface area contributed by atoms with Crippen LogP contribution in [0.4, 0.5) is 13.2 Å². The summed E-state index contributed by atoms with van der Waals surface area (Å²) in [5.41, 5.74) is 2.03. The summed E-state index contributed by atoms with van der Waals surface area (Å²) in [6, 6.07) is 4.80. The monoisotopic (exact) mass is 533 g/mol. The first-order valence-corrected chi connectivity index (χ1v) is 9.22. The number of aryl methyl sites for hydroxylation is 1. The van der Waals surface area contributed by atoms with E-state index in [9.17, 15) is 13.2 Å². The molecule has 164 valence electrons. The molecule has 1 aromatic heterocycles. The van der Waals surface area contributed by atoms with Crippen molar-refractivity contribution in [1.82, 2.24) is 20.0 Å². The van der Waals surface area contributed by atoms with Gasteiger partial charge in [0.15, 0.2) is 5.96 Å². The van der Waals surface area contributed by atoms with Gasteiger partial charge in [0, 0.05) is 45.0 Å². The molecule has 0 spiro atoms. The lowest BCUT2D eigenvalue weighted by atomic mass is 10.1. The molecule has 0 aliphatic carbocycles. The van der Waals surface area contributed by atoms with Crippen molar-refractivity contribution in [3.63, 3.8) is 0 Å². The molecule has 0 unspecified atom stereocenters. The Labute approximate surface area is 192 Å². The largest absolute Gasteiger partial charge is 0.416 e. The van der Waals surface area contributed by atoms with Crippen molar-refractivity contribution < 1.29 is 13.2 Å². The third-order valence-corrected chi connectivity index (χ3v) is 4.24. The Hall–Kier alpha value is -2.22. The highest BCUT2D eigenvalue weighted by Gasteiger charge is 2.29. The van der Waals surface area contributed by atoms with Crippen molar-refractivity contribution in [2.75, 3.05) is 20.6 Å². The molecule has 0 bridgehead atoms. The van der Waals surface area contributed by atoms with Gasteiger partial charge in [0.05, 0.1) is 17.8 Å². The van der Waals surface area contributed by atoms with E-state index < -0.39 is 11.7 Å². The molecule has 5 nitrogen and oxygen atoms in total. The standard InChI is InChI=1S/C21H26F3N5.HI/c1-15(2)19-17(14-29(5)27-19)13-28(4)20(25-3)26-12-6-7-16-8-10-18(11-9-16)21(22,23)24;/h8-11,14-15H,12-13H2,1-5H3,(H,25,26);1H. The topological polar surface area (TPSA) is 45.5 Å². The number of alkyl halides is 3. The van der Waals surface area contributed by atoms with Crippen LogP contribution in [-0.4, -0.2) is 41.3 Å². The van der Waals surface area contributed by atoms with E-state index in [1.807, 2.05) is 29.9 Å². The minimum Gasteiger partial charge on any atom is -0.345 e. The Morgan fingerprint density at radius 2 is 1.90 bits per heavy atom. The molecular weight excluding hydrogens is 506 g/mol. The fourth-order valence-electron chi connectivity index (χ4n) is 2.89. The molecule has 0 atom stereocenters. The van der Waals surface area contributed by atoms with Gasteiger partial charge in [-0.05, 0) is 30.2 Å². The number of nitrogens with one attached hydrogen (secondary N) is 1. The van der Waals surface area contributed by atoms with E-state index >= 15 is 0 Å². The van der Waals surface area contributed by atoms with Crippen molar-refractivity contribution in [1.29, 1.82) is 0 Å². The van der Waals surface area contributed by atoms with Gasteiger partial charge in [0.1, 0.15) is 0 Å². The van der Waals surface area contributed by atoms with Crippen molar-refractivity contribution in [3.05, 3.63) is 52.8 Å². The molecule has 2 rings (SSSR count). The normalized spacial score (nSPS) is 11.6. The molecule has 2 aromatic rings. The van der Waals surface area contributed by atoms with Gasteiger partial charge in [-0.25, -0.2) is 0 Å². The molecule has 0 aliphatic heterocycles. The molecule has 0 amide bonds. The summed E-state index contributed by atoms with van der Waals surface area (Å²) >= 11 is 0. The summed E-state index contributed by atoms with van der Waals surface area (Å²) in [7, 11) is 5.52. The summed E-state index contributed by atoms with van der Waals surface area (Å²) in [4.78, 5) is 6.24. The molecule has 0 aliphatic rings. The highest BCUT2D eigenvalue weighted by molar-refractivity contribution is 14.0. The number of guanidine groups is 1. The maximum absolute atomic E-state index is 12.6.